The van der Waals surface area contributed by atoms with Crippen molar-refractivity contribution in [3.8, 4) is 0 Å². The first-order valence-corrected chi connectivity index (χ1v) is 3.21. The van der Waals surface area contributed by atoms with E-state index in [9.17, 15) is 0 Å². The molecule has 0 spiro atoms. The lowest BCUT2D eigenvalue weighted by molar-refractivity contribution is 0.377. The summed E-state index contributed by atoms with van der Waals surface area (Å²) in [6, 6.07) is 0. The number of hydrogen-bond donors (Lipinski definition) is 1. The van der Waals surface area contributed by atoms with Crippen molar-refractivity contribution in [1.82, 2.24) is 15.0 Å². The van der Waals surface area contributed by atoms with Crippen molar-refractivity contribution >= 4 is 0 Å². The molecule has 0 aliphatic rings. The molecule has 0 saturated carbocycles. The van der Waals surface area contributed by atoms with Gasteiger partial charge in [-0.15, -0.1) is 0 Å². The Morgan fingerprint density at radius 3 is 2.30 bits per heavy atom. The maximum Gasteiger partial charge on any atom is 0.0781 e. The molecule has 0 bridgehead atoms. The average Bonchev–Trinajstić information content (AvgIpc) is 2.12. The molecular weight excluding hydrogens is 128 g/mol. The summed E-state index contributed by atoms with van der Waals surface area (Å²) in [4.78, 5) is 1.58. The lowest BCUT2D eigenvalue weighted by Crippen LogP contribution is -2.37. The van der Waals surface area contributed by atoms with Gasteiger partial charge < -0.3 is 5.73 Å². The number of hydrogen-bond acceptors (Lipinski definition) is 3. The van der Waals surface area contributed by atoms with Crippen LogP contribution in [0.15, 0.2) is 12.4 Å². The molecule has 4 heteroatoms. The molecule has 1 rings (SSSR count). The van der Waals surface area contributed by atoms with E-state index in [2.05, 4.69) is 10.2 Å². The van der Waals surface area contributed by atoms with Crippen molar-refractivity contribution in [3.63, 3.8) is 0 Å². The molecule has 0 unspecified atom stereocenters. The van der Waals surface area contributed by atoms with Crippen LogP contribution in [0.5, 0.6) is 0 Å². The predicted octanol–water partition coefficient (Wildman–Crippen LogP) is 0.0154. The Kier molecular flexibility index (Phi) is 1.72. The third-order valence-corrected chi connectivity index (χ3v) is 1.02. The Morgan fingerprint density at radius 2 is 1.90 bits per heavy atom. The van der Waals surface area contributed by atoms with E-state index in [1.807, 2.05) is 13.8 Å². The summed E-state index contributed by atoms with van der Waals surface area (Å²) in [5, 5.41) is 7.85. The minimum Gasteiger partial charge on any atom is -0.324 e. The number of nitrogens with zero attached hydrogens (tertiary/aromatic N) is 3. The maximum atomic E-state index is 5.73. The Labute approximate surface area is 60.0 Å². The zero-order valence-corrected chi connectivity index (χ0v) is 6.28. The molecule has 0 atom stereocenters. The molecule has 0 aliphatic carbocycles. The van der Waals surface area contributed by atoms with Crippen molar-refractivity contribution in [2.75, 3.05) is 0 Å². The van der Waals surface area contributed by atoms with Gasteiger partial charge in [-0.25, -0.2) is 0 Å². The third kappa shape index (κ3) is 2.14. The van der Waals surface area contributed by atoms with E-state index in [4.69, 9.17) is 5.73 Å². The molecule has 0 saturated heterocycles. The zero-order valence-electron chi connectivity index (χ0n) is 6.28. The number of rotatable bonds is 2. The molecular formula is C6H12N4. The summed E-state index contributed by atoms with van der Waals surface area (Å²) in [7, 11) is 0. The van der Waals surface area contributed by atoms with E-state index in [-0.39, 0.29) is 5.54 Å². The SMILES string of the molecule is CC(C)(N)Cn1nccn1. The van der Waals surface area contributed by atoms with E-state index in [1.54, 1.807) is 17.2 Å². The standard InChI is InChI=1S/C6H12N4/c1-6(2,7)5-10-8-3-4-9-10/h3-4H,5,7H2,1-2H3. The molecule has 1 aromatic rings. The van der Waals surface area contributed by atoms with Gasteiger partial charge in [-0.05, 0) is 13.8 Å². The average molecular weight is 140 g/mol. The topological polar surface area (TPSA) is 56.7 Å². The van der Waals surface area contributed by atoms with Crippen LogP contribution in [0.2, 0.25) is 0 Å². The largest absolute Gasteiger partial charge is 0.324 e. The highest BCUT2D eigenvalue weighted by molar-refractivity contribution is 4.71. The molecule has 4 nitrogen and oxygen atoms in total. The van der Waals surface area contributed by atoms with E-state index in [0.29, 0.717) is 6.54 Å². The lowest BCUT2D eigenvalue weighted by Gasteiger charge is -2.16. The molecule has 0 radical (unpaired) electrons. The fourth-order valence-electron chi connectivity index (χ4n) is 0.689. The van der Waals surface area contributed by atoms with Crippen LogP contribution in [0.4, 0.5) is 0 Å². The smallest absolute Gasteiger partial charge is 0.0781 e. The van der Waals surface area contributed by atoms with Crippen LogP contribution in [0.25, 0.3) is 0 Å². The van der Waals surface area contributed by atoms with Crippen molar-refractivity contribution in [2.45, 2.75) is 25.9 Å². The highest BCUT2D eigenvalue weighted by Crippen LogP contribution is 1.97. The fourth-order valence-corrected chi connectivity index (χ4v) is 0.689. The van der Waals surface area contributed by atoms with Crippen molar-refractivity contribution in [2.24, 2.45) is 5.73 Å². The first kappa shape index (κ1) is 7.21. The molecule has 10 heavy (non-hydrogen) atoms. The van der Waals surface area contributed by atoms with Crippen LogP contribution >= 0.6 is 0 Å². The summed E-state index contributed by atoms with van der Waals surface area (Å²) in [5.74, 6) is 0. The third-order valence-electron chi connectivity index (χ3n) is 1.02. The van der Waals surface area contributed by atoms with Gasteiger partial charge >= 0.3 is 0 Å². The molecule has 0 aromatic carbocycles. The quantitative estimate of drug-likeness (QED) is 0.629. The minimum atomic E-state index is -0.237. The van der Waals surface area contributed by atoms with Gasteiger partial charge in [0.25, 0.3) is 0 Å². The van der Waals surface area contributed by atoms with Gasteiger partial charge in [0, 0.05) is 5.54 Å². The van der Waals surface area contributed by atoms with Gasteiger partial charge in [-0.3, -0.25) is 0 Å². The molecule has 0 amide bonds. The van der Waals surface area contributed by atoms with Crippen molar-refractivity contribution in [1.29, 1.82) is 0 Å². The normalized spacial score (nSPS) is 11.9. The summed E-state index contributed by atoms with van der Waals surface area (Å²) >= 11 is 0. The molecule has 56 valence electrons. The van der Waals surface area contributed by atoms with Gasteiger partial charge in [0.1, 0.15) is 0 Å². The molecule has 0 fully saturated rings. The molecule has 0 aliphatic heterocycles. The fraction of sp³-hybridized carbons (Fsp3) is 0.667. The minimum absolute atomic E-state index is 0.237. The van der Waals surface area contributed by atoms with Gasteiger partial charge in [-0.2, -0.15) is 15.0 Å². The zero-order chi connectivity index (χ0) is 7.61. The van der Waals surface area contributed by atoms with Gasteiger partial charge in [0.15, 0.2) is 0 Å². The lowest BCUT2D eigenvalue weighted by atomic mass is 10.1. The number of aromatic nitrogens is 3. The highest BCUT2D eigenvalue weighted by Gasteiger charge is 2.11. The Hall–Kier alpha value is -0.900. The van der Waals surface area contributed by atoms with E-state index >= 15 is 0 Å². The Morgan fingerprint density at radius 1 is 1.40 bits per heavy atom. The molecule has 1 heterocycles. The van der Waals surface area contributed by atoms with Crippen molar-refractivity contribution < 1.29 is 0 Å². The maximum absolute atomic E-state index is 5.73. The summed E-state index contributed by atoms with van der Waals surface area (Å²) in [5.41, 5.74) is 5.49. The molecule has 1 aromatic heterocycles. The second-order valence-electron chi connectivity index (χ2n) is 3.05. The Bertz CT molecular complexity index is 184. The number of nitrogens with two attached hydrogens (primary N) is 1. The monoisotopic (exact) mass is 140 g/mol. The van der Waals surface area contributed by atoms with Crippen LogP contribution in [-0.2, 0) is 6.54 Å². The summed E-state index contributed by atoms with van der Waals surface area (Å²) in [6.45, 7) is 4.53. The van der Waals surface area contributed by atoms with Gasteiger partial charge in [0.05, 0.1) is 18.9 Å². The second-order valence-corrected chi connectivity index (χ2v) is 3.05. The summed E-state index contributed by atoms with van der Waals surface area (Å²) in [6.07, 6.45) is 3.29. The van der Waals surface area contributed by atoms with Crippen LogP contribution < -0.4 is 5.73 Å². The highest BCUT2D eigenvalue weighted by atomic mass is 15.5. The van der Waals surface area contributed by atoms with Crippen LogP contribution in [0.3, 0.4) is 0 Å². The summed E-state index contributed by atoms with van der Waals surface area (Å²) < 4.78 is 0. The van der Waals surface area contributed by atoms with E-state index < -0.39 is 0 Å². The van der Waals surface area contributed by atoms with E-state index in [1.165, 1.54) is 0 Å². The van der Waals surface area contributed by atoms with E-state index in [0.717, 1.165) is 0 Å². The first-order valence-electron chi connectivity index (χ1n) is 3.21. The van der Waals surface area contributed by atoms with Crippen LogP contribution in [-0.4, -0.2) is 20.5 Å². The second kappa shape index (κ2) is 2.38. The predicted molar refractivity (Wildman–Crippen MR) is 38.3 cm³/mol. The first-order chi connectivity index (χ1) is 4.58. The van der Waals surface area contributed by atoms with Crippen LogP contribution in [0, 0.1) is 0 Å². The van der Waals surface area contributed by atoms with Gasteiger partial charge in [-0.1, -0.05) is 0 Å². The van der Waals surface area contributed by atoms with Gasteiger partial charge in [0.2, 0.25) is 0 Å². The van der Waals surface area contributed by atoms with Crippen LogP contribution in [0.1, 0.15) is 13.8 Å². The van der Waals surface area contributed by atoms with Crippen molar-refractivity contribution in [3.05, 3.63) is 12.4 Å². The molecule has 2 N–H and O–H groups in total. The Balaban J connectivity index is 2.57.